The third-order valence-corrected chi connectivity index (χ3v) is 4.77. The van der Waals surface area contributed by atoms with E-state index in [-0.39, 0.29) is 5.41 Å². The van der Waals surface area contributed by atoms with Crippen molar-refractivity contribution in [2.75, 3.05) is 0 Å². The minimum atomic E-state index is -1.41. The highest BCUT2D eigenvalue weighted by molar-refractivity contribution is 5.53. The van der Waals surface area contributed by atoms with Gasteiger partial charge in [0.25, 0.3) is 5.79 Å². The normalized spacial score (nSPS) is 28.7. The molecule has 2 rings (SSSR count). The lowest BCUT2D eigenvalue weighted by Crippen LogP contribution is -2.38. The van der Waals surface area contributed by atoms with Crippen molar-refractivity contribution in [3.05, 3.63) is 58.9 Å². The van der Waals surface area contributed by atoms with Crippen molar-refractivity contribution < 1.29 is 9.84 Å². The summed E-state index contributed by atoms with van der Waals surface area (Å²) in [5.41, 5.74) is 5.50. The fourth-order valence-electron chi connectivity index (χ4n) is 3.69. The summed E-state index contributed by atoms with van der Waals surface area (Å²) < 4.78 is 5.67. The van der Waals surface area contributed by atoms with Gasteiger partial charge in [-0.1, -0.05) is 32.1 Å². The van der Waals surface area contributed by atoms with E-state index in [9.17, 15) is 5.11 Å². The molecule has 22 heavy (non-hydrogen) atoms. The topological polar surface area (TPSA) is 29.5 Å². The van der Waals surface area contributed by atoms with Crippen molar-refractivity contribution >= 4 is 0 Å². The van der Waals surface area contributed by atoms with Crippen molar-refractivity contribution in [2.24, 2.45) is 5.41 Å². The number of hydrogen-bond donors (Lipinski definition) is 1. The minimum absolute atomic E-state index is 0.0391. The zero-order valence-corrected chi connectivity index (χ0v) is 14.5. The molecule has 0 aromatic carbocycles. The molecule has 1 heterocycles. The summed E-state index contributed by atoms with van der Waals surface area (Å²) in [6.07, 6.45) is 10.4. The summed E-state index contributed by atoms with van der Waals surface area (Å²) in [5, 5.41) is 11.2. The molecule has 2 aliphatic rings. The van der Waals surface area contributed by atoms with Gasteiger partial charge in [0, 0.05) is 5.57 Å². The molecule has 0 radical (unpaired) electrons. The van der Waals surface area contributed by atoms with Gasteiger partial charge in [-0.25, -0.2) is 0 Å². The van der Waals surface area contributed by atoms with Crippen LogP contribution in [0.5, 0.6) is 0 Å². The van der Waals surface area contributed by atoms with Crippen LogP contribution in [-0.2, 0) is 4.74 Å². The minimum Gasteiger partial charge on any atom is -0.462 e. The Kier molecular flexibility index (Phi) is 4.53. The van der Waals surface area contributed by atoms with Gasteiger partial charge in [-0.3, -0.25) is 0 Å². The zero-order valence-electron chi connectivity index (χ0n) is 14.5. The third kappa shape index (κ3) is 2.98. The van der Waals surface area contributed by atoms with Gasteiger partial charge in [0.1, 0.15) is 0 Å². The number of aliphatic hydroxyl groups is 1. The van der Waals surface area contributed by atoms with Crippen molar-refractivity contribution in [1.29, 1.82) is 0 Å². The maximum Gasteiger partial charge on any atom is 0.255 e. The smallest absolute Gasteiger partial charge is 0.255 e. The Morgan fingerprint density at radius 1 is 1.32 bits per heavy atom. The molecule has 0 amide bonds. The highest BCUT2D eigenvalue weighted by Gasteiger charge is 2.42. The van der Waals surface area contributed by atoms with Crippen LogP contribution in [0.1, 0.15) is 53.9 Å². The fourth-order valence-corrected chi connectivity index (χ4v) is 3.69. The van der Waals surface area contributed by atoms with Crippen molar-refractivity contribution in [2.45, 2.75) is 59.7 Å². The Bertz CT molecular complexity index is 599. The molecule has 0 bridgehead atoms. The van der Waals surface area contributed by atoms with Crippen LogP contribution >= 0.6 is 0 Å². The van der Waals surface area contributed by atoms with Gasteiger partial charge in [0.15, 0.2) is 0 Å². The van der Waals surface area contributed by atoms with E-state index in [0.29, 0.717) is 0 Å². The molecule has 120 valence electrons. The van der Waals surface area contributed by atoms with Gasteiger partial charge in [-0.05, 0) is 74.3 Å². The third-order valence-electron chi connectivity index (χ3n) is 4.77. The van der Waals surface area contributed by atoms with Gasteiger partial charge in [-0.2, -0.15) is 0 Å². The van der Waals surface area contributed by atoms with Gasteiger partial charge >= 0.3 is 0 Å². The van der Waals surface area contributed by atoms with E-state index in [1.165, 1.54) is 17.6 Å². The maximum absolute atomic E-state index is 11.2. The van der Waals surface area contributed by atoms with E-state index in [0.717, 1.165) is 29.6 Å². The van der Waals surface area contributed by atoms with Crippen molar-refractivity contribution in [1.82, 2.24) is 0 Å². The first-order valence-corrected chi connectivity index (χ1v) is 8.02. The molecule has 1 unspecified atom stereocenters. The molecule has 1 aliphatic carbocycles. The standard InChI is InChI=1S/C20H28O2/c1-7-14(2)13-20(21)18(16(4)10-12-22-20)17-15(3)9-8-11-19(17,5)6/h7,10,12-13,21H,1,8-9,11H2,2-6H3. The average molecular weight is 300 g/mol. The molecule has 0 spiro atoms. The van der Waals surface area contributed by atoms with E-state index in [1.807, 2.05) is 19.9 Å². The molecule has 1 N–H and O–H groups in total. The SMILES string of the molecule is C=CC(C)=CC1(O)OC=CC(C)=C1C1=C(C)CCCC1(C)C. The number of ether oxygens (including phenoxy) is 1. The zero-order chi connectivity index (χ0) is 16.5. The van der Waals surface area contributed by atoms with E-state index < -0.39 is 5.79 Å². The molecular weight excluding hydrogens is 272 g/mol. The molecule has 0 aromatic rings. The van der Waals surface area contributed by atoms with Crippen molar-refractivity contribution in [3.8, 4) is 0 Å². The van der Waals surface area contributed by atoms with Gasteiger partial charge in [0.2, 0.25) is 0 Å². The van der Waals surface area contributed by atoms with Crippen LogP contribution in [0.15, 0.2) is 58.9 Å². The summed E-state index contributed by atoms with van der Waals surface area (Å²) in [6.45, 7) is 14.4. The van der Waals surface area contributed by atoms with E-state index in [4.69, 9.17) is 4.74 Å². The average Bonchev–Trinajstić information content (AvgIpc) is 2.41. The van der Waals surface area contributed by atoms with Crippen molar-refractivity contribution in [3.63, 3.8) is 0 Å². The predicted octanol–water partition coefficient (Wildman–Crippen LogP) is 5.19. The highest BCUT2D eigenvalue weighted by atomic mass is 16.6. The summed E-state index contributed by atoms with van der Waals surface area (Å²) in [4.78, 5) is 0. The summed E-state index contributed by atoms with van der Waals surface area (Å²) in [7, 11) is 0. The quantitative estimate of drug-likeness (QED) is 0.726. The van der Waals surface area contributed by atoms with E-state index >= 15 is 0 Å². The molecule has 0 saturated carbocycles. The van der Waals surface area contributed by atoms with E-state index in [2.05, 4.69) is 27.4 Å². The molecular formula is C20H28O2. The highest BCUT2D eigenvalue weighted by Crippen LogP contribution is 2.49. The summed E-state index contributed by atoms with van der Waals surface area (Å²) in [5.74, 6) is -1.41. The second kappa shape index (κ2) is 5.92. The van der Waals surface area contributed by atoms with Crippen LogP contribution in [0.2, 0.25) is 0 Å². The molecule has 2 nitrogen and oxygen atoms in total. The van der Waals surface area contributed by atoms with Crippen LogP contribution in [-0.4, -0.2) is 10.9 Å². The van der Waals surface area contributed by atoms with Gasteiger partial charge in [0.05, 0.1) is 6.26 Å². The van der Waals surface area contributed by atoms with Crippen LogP contribution in [0, 0.1) is 5.41 Å². The lowest BCUT2D eigenvalue weighted by atomic mass is 9.67. The maximum atomic E-state index is 11.2. The van der Waals surface area contributed by atoms with Crippen LogP contribution in [0.4, 0.5) is 0 Å². The second-order valence-corrected chi connectivity index (χ2v) is 7.16. The number of rotatable bonds is 3. The molecule has 0 fully saturated rings. The van der Waals surface area contributed by atoms with E-state index in [1.54, 1.807) is 18.4 Å². The Labute approximate surface area is 134 Å². The van der Waals surface area contributed by atoms with Gasteiger partial charge in [-0.15, -0.1) is 0 Å². The largest absolute Gasteiger partial charge is 0.462 e. The van der Waals surface area contributed by atoms with Crippen LogP contribution in [0.25, 0.3) is 0 Å². The Hall–Kier alpha value is -1.54. The van der Waals surface area contributed by atoms with Crippen LogP contribution < -0.4 is 0 Å². The number of hydrogen-bond acceptors (Lipinski definition) is 2. The Morgan fingerprint density at radius 2 is 2.00 bits per heavy atom. The predicted molar refractivity (Wildman–Crippen MR) is 92.2 cm³/mol. The van der Waals surface area contributed by atoms with Crippen LogP contribution in [0.3, 0.4) is 0 Å². The molecule has 0 aromatic heterocycles. The molecule has 1 atom stereocenters. The lowest BCUT2D eigenvalue weighted by Gasteiger charge is -2.42. The first-order valence-electron chi connectivity index (χ1n) is 8.02. The molecule has 0 saturated heterocycles. The molecule has 1 aliphatic heterocycles. The summed E-state index contributed by atoms with van der Waals surface area (Å²) >= 11 is 0. The second-order valence-electron chi connectivity index (χ2n) is 7.16. The lowest BCUT2D eigenvalue weighted by molar-refractivity contribution is -0.0972. The Morgan fingerprint density at radius 3 is 2.59 bits per heavy atom. The Balaban J connectivity index is 2.67. The first-order chi connectivity index (χ1) is 10.2. The van der Waals surface area contributed by atoms with Gasteiger partial charge < -0.3 is 9.84 Å². The first kappa shape index (κ1) is 16.8. The monoisotopic (exact) mass is 300 g/mol. The fraction of sp³-hybridized carbons (Fsp3) is 0.500. The summed E-state index contributed by atoms with van der Waals surface area (Å²) in [6, 6.07) is 0. The number of allylic oxidation sites excluding steroid dienone is 5. The molecule has 2 heteroatoms.